The van der Waals surface area contributed by atoms with Crippen molar-refractivity contribution < 1.29 is 13.6 Å². The van der Waals surface area contributed by atoms with Gasteiger partial charge in [-0.05, 0) is 113 Å². The molecule has 2 atom stereocenters. The Morgan fingerprint density at radius 2 is 1.47 bits per heavy atom. The molecule has 6 heteroatoms. The molecule has 7 aromatic carbocycles. The highest BCUT2D eigenvalue weighted by molar-refractivity contribution is 7.25. The molecule has 0 radical (unpaired) electrons. The lowest BCUT2D eigenvalue weighted by atomic mass is 9.78. The standard InChI is InChI=1S/C68H67N3OSSi/c1-9-56-48(53-41-63-55(50-26-16-20-30-62(50)73-63)40-54(53)60-38-46(37-43-21-13-14-22-43)64(42-70(56)60)74(6,7)8)34-31-45-32-35-51-49-25-15-19-29-61(49)72-66(51)65(45)67-69(5)58-27-17-18-28-59(58)71(67)57-36-33-47(68(2,3)4)39-52(57)44-23-11-10-12-24-44/h9-12,15-20,23-30,32-33,35-36,38-43,48,56H,1,13-14,21-22,31,34,37H2,2-8H3/q+2. The van der Waals surface area contributed by atoms with Gasteiger partial charge in [0.15, 0.2) is 28.9 Å². The minimum Gasteiger partial charge on any atom is -0.455 e. The maximum absolute atomic E-state index is 7.17. The second-order valence-corrected chi connectivity index (χ2v) is 29.8. The van der Waals surface area contributed by atoms with Crippen LogP contribution in [0.1, 0.15) is 87.1 Å². The summed E-state index contributed by atoms with van der Waals surface area (Å²) in [7, 11) is 0.496. The molecule has 1 saturated carbocycles. The highest BCUT2D eigenvalue weighted by Crippen LogP contribution is 2.48. The Morgan fingerprint density at radius 1 is 0.730 bits per heavy atom. The van der Waals surface area contributed by atoms with Crippen LogP contribution in [0.3, 0.4) is 0 Å². The first-order chi connectivity index (χ1) is 35.8. The van der Waals surface area contributed by atoms with Crippen molar-refractivity contribution in [2.45, 2.75) is 103 Å². The minimum absolute atomic E-state index is 0.0298. The summed E-state index contributed by atoms with van der Waals surface area (Å²) in [6.45, 7) is 19.3. The monoisotopic (exact) mass is 1000 g/mol. The molecular formula is C68H67N3OSSi+2. The summed E-state index contributed by atoms with van der Waals surface area (Å²) >= 11 is 1.93. The van der Waals surface area contributed by atoms with E-state index in [0.29, 0.717) is 0 Å². The van der Waals surface area contributed by atoms with E-state index in [1.165, 1.54) is 96.9 Å². The van der Waals surface area contributed by atoms with Crippen molar-refractivity contribution in [3.63, 3.8) is 0 Å². The number of thiophene rings is 1. The lowest BCUT2D eigenvalue weighted by Gasteiger charge is -2.32. The summed E-state index contributed by atoms with van der Waals surface area (Å²) in [5.41, 5.74) is 17.2. The van der Waals surface area contributed by atoms with Gasteiger partial charge in [0.1, 0.15) is 16.8 Å². The van der Waals surface area contributed by atoms with Gasteiger partial charge < -0.3 is 4.42 Å². The number of rotatable bonds is 10. The lowest BCUT2D eigenvalue weighted by Crippen LogP contribution is -2.53. The van der Waals surface area contributed by atoms with Gasteiger partial charge in [-0.15, -0.1) is 11.3 Å². The van der Waals surface area contributed by atoms with Gasteiger partial charge in [-0.2, -0.15) is 9.13 Å². The first kappa shape index (κ1) is 46.9. The second-order valence-electron chi connectivity index (χ2n) is 23.6. The molecule has 0 amide bonds. The SMILES string of the molecule is C=CC1C(CCc2ccc3c(oc4ccccc43)c2-c2n(-c3ccc(C(C)(C)C)cc3-c3ccccc3)c3ccccc3[n+]2C)c2cc3sc4ccccc4c3cc2-c2cc(CC3CCCC3)c([Si](C)(C)C)c[n+]21. The molecule has 74 heavy (non-hydrogen) atoms. The van der Waals surface area contributed by atoms with Gasteiger partial charge in [-0.25, -0.2) is 4.57 Å². The van der Waals surface area contributed by atoms with Gasteiger partial charge in [0, 0.05) is 47.8 Å². The van der Waals surface area contributed by atoms with E-state index in [1.54, 1.807) is 10.8 Å². The normalized spacial score (nSPS) is 16.3. The Morgan fingerprint density at radius 3 is 2.26 bits per heavy atom. The first-order valence-corrected chi connectivity index (χ1v) is 31.5. The quantitative estimate of drug-likeness (QED) is 0.0762. The molecule has 1 aliphatic heterocycles. The summed E-state index contributed by atoms with van der Waals surface area (Å²) in [5, 5.41) is 6.59. The molecule has 0 N–H and O–H groups in total. The highest BCUT2D eigenvalue weighted by atomic mass is 32.1. The number of pyridine rings is 1. The van der Waals surface area contributed by atoms with Gasteiger partial charge >= 0.3 is 0 Å². The second kappa shape index (κ2) is 17.9. The fourth-order valence-corrected chi connectivity index (χ4v) is 16.0. The summed E-state index contributed by atoms with van der Waals surface area (Å²) < 4.78 is 17.5. The summed E-state index contributed by atoms with van der Waals surface area (Å²) in [4.78, 5) is 0. The van der Waals surface area contributed by atoms with Crippen molar-refractivity contribution in [3.05, 3.63) is 193 Å². The fraction of sp³-hybridized carbons (Fsp3) is 0.265. The third kappa shape index (κ3) is 7.73. The number of allylic oxidation sites excluding steroid dienone is 1. The van der Waals surface area contributed by atoms with Crippen LogP contribution in [0.25, 0.3) is 92.6 Å². The zero-order valence-electron chi connectivity index (χ0n) is 44.1. The van der Waals surface area contributed by atoms with E-state index < -0.39 is 8.07 Å². The van der Waals surface area contributed by atoms with E-state index in [2.05, 4.69) is 225 Å². The highest BCUT2D eigenvalue weighted by Gasteiger charge is 2.42. The van der Waals surface area contributed by atoms with Gasteiger partial charge in [-0.1, -0.05) is 170 Å². The molecule has 1 aliphatic carbocycles. The zero-order valence-corrected chi connectivity index (χ0v) is 46.0. The molecule has 1 fully saturated rings. The first-order valence-electron chi connectivity index (χ1n) is 27.1. The Kier molecular flexibility index (Phi) is 11.4. The number of nitrogens with zero attached hydrogens (tertiary/aromatic N) is 3. The molecule has 4 nitrogen and oxygen atoms in total. The van der Waals surface area contributed by atoms with E-state index in [9.17, 15) is 0 Å². The molecule has 0 spiro atoms. The Balaban J connectivity index is 1.03. The van der Waals surface area contributed by atoms with Crippen LogP contribution in [0.2, 0.25) is 19.6 Å². The minimum atomic E-state index is -1.75. The van der Waals surface area contributed by atoms with Crippen LogP contribution in [0.5, 0.6) is 0 Å². The van der Waals surface area contributed by atoms with Gasteiger partial charge in [0.2, 0.25) is 5.69 Å². The number of aromatic nitrogens is 3. The molecule has 2 unspecified atom stereocenters. The molecule has 0 saturated heterocycles. The summed E-state index contributed by atoms with van der Waals surface area (Å²) in [5.74, 6) is 2.06. The van der Waals surface area contributed by atoms with E-state index in [1.807, 2.05) is 11.3 Å². The molecular weight excluding hydrogens is 935 g/mol. The molecule has 2 aliphatic rings. The predicted molar refractivity (Wildman–Crippen MR) is 315 cm³/mol. The molecule has 368 valence electrons. The number of benzene rings is 7. The van der Waals surface area contributed by atoms with E-state index in [0.717, 1.165) is 63.3 Å². The number of fused-ring (bicyclic) bond motifs is 10. The maximum atomic E-state index is 7.17. The summed E-state index contributed by atoms with van der Waals surface area (Å²) in [6, 6.07) is 57.2. The van der Waals surface area contributed by atoms with Gasteiger partial charge in [0.05, 0.1) is 26.6 Å². The Labute approximate surface area is 441 Å². The summed E-state index contributed by atoms with van der Waals surface area (Å²) in [6.07, 6.45) is 13.3. The molecule has 11 aromatic rings. The molecule has 13 rings (SSSR count). The van der Waals surface area contributed by atoms with Crippen molar-refractivity contribution in [2.75, 3.05) is 0 Å². The van der Waals surface area contributed by atoms with Crippen LogP contribution in [0, 0.1) is 5.92 Å². The van der Waals surface area contributed by atoms with Gasteiger partial charge in [0.25, 0.3) is 5.82 Å². The maximum Gasteiger partial charge on any atom is 0.299 e. The lowest BCUT2D eigenvalue weighted by molar-refractivity contribution is -0.706. The van der Waals surface area contributed by atoms with Crippen molar-refractivity contribution in [1.29, 1.82) is 0 Å². The van der Waals surface area contributed by atoms with Crippen LogP contribution in [-0.2, 0) is 25.3 Å². The molecule has 4 aromatic heterocycles. The average Bonchev–Trinajstić information content (AvgIpc) is 4.20. The molecule has 5 heterocycles. The Hall–Kier alpha value is -6.86. The average molecular weight is 1000 g/mol. The topological polar surface area (TPSA) is 25.8 Å². The van der Waals surface area contributed by atoms with Crippen LogP contribution in [-0.4, -0.2) is 12.6 Å². The number of para-hydroxylation sites is 3. The number of hydrogen-bond acceptors (Lipinski definition) is 2. The number of hydrogen-bond donors (Lipinski definition) is 0. The molecule has 0 bridgehead atoms. The van der Waals surface area contributed by atoms with E-state index in [-0.39, 0.29) is 17.4 Å². The largest absolute Gasteiger partial charge is 0.455 e. The van der Waals surface area contributed by atoms with Gasteiger partial charge in [-0.3, -0.25) is 0 Å². The van der Waals surface area contributed by atoms with Crippen LogP contribution >= 0.6 is 11.3 Å². The van der Waals surface area contributed by atoms with Crippen LogP contribution in [0.15, 0.2) is 175 Å². The van der Waals surface area contributed by atoms with Crippen molar-refractivity contribution in [2.24, 2.45) is 13.0 Å². The Bertz CT molecular complexity index is 4020. The van der Waals surface area contributed by atoms with Crippen LogP contribution in [0.4, 0.5) is 0 Å². The fourth-order valence-electron chi connectivity index (χ4n) is 13.2. The van der Waals surface area contributed by atoms with E-state index in [4.69, 9.17) is 11.0 Å². The predicted octanol–water partition coefficient (Wildman–Crippen LogP) is 17.0. The third-order valence-corrected chi connectivity index (χ3v) is 20.2. The van der Waals surface area contributed by atoms with Crippen LogP contribution < -0.4 is 14.3 Å². The number of aryl methyl sites for hydroxylation is 2. The van der Waals surface area contributed by atoms with Crippen molar-refractivity contribution in [1.82, 2.24) is 4.57 Å². The number of furan rings is 1. The van der Waals surface area contributed by atoms with Crippen molar-refractivity contribution in [3.8, 4) is 39.5 Å². The zero-order chi connectivity index (χ0) is 50.6. The third-order valence-electron chi connectivity index (χ3n) is 17.0. The van der Waals surface area contributed by atoms with Crippen molar-refractivity contribution >= 4 is 77.7 Å². The number of imidazole rings is 1. The van der Waals surface area contributed by atoms with E-state index >= 15 is 0 Å². The smallest absolute Gasteiger partial charge is 0.299 e.